The predicted molar refractivity (Wildman–Crippen MR) is 58.4 cm³/mol. The van der Waals surface area contributed by atoms with Gasteiger partial charge in [0.25, 0.3) is 0 Å². The maximum absolute atomic E-state index is 11.8. The molecule has 3 aliphatic rings. The Bertz CT molecular complexity index is 298. The number of hydrogen-bond donors (Lipinski definition) is 2. The molecule has 0 aromatic heterocycles. The summed E-state index contributed by atoms with van der Waals surface area (Å²) in [6, 6.07) is 0. The van der Waals surface area contributed by atoms with Crippen molar-refractivity contribution in [2.75, 3.05) is 13.1 Å². The largest absolute Gasteiger partial charge is 0.354 e. The molecule has 0 aromatic carbocycles. The van der Waals surface area contributed by atoms with Gasteiger partial charge in [0.1, 0.15) is 0 Å². The van der Waals surface area contributed by atoms with Crippen molar-refractivity contribution in [1.82, 2.24) is 10.6 Å². The molecule has 2 saturated carbocycles. The van der Waals surface area contributed by atoms with Gasteiger partial charge in [-0.05, 0) is 44.6 Å². The van der Waals surface area contributed by atoms with Gasteiger partial charge < -0.3 is 10.6 Å². The summed E-state index contributed by atoms with van der Waals surface area (Å²) in [7, 11) is 0. The van der Waals surface area contributed by atoms with Crippen molar-refractivity contribution in [1.29, 1.82) is 0 Å². The van der Waals surface area contributed by atoms with Gasteiger partial charge in [-0.25, -0.2) is 0 Å². The van der Waals surface area contributed by atoms with Gasteiger partial charge in [0.15, 0.2) is 0 Å². The van der Waals surface area contributed by atoms with E-state index < -0.39 is 0 Å². The minimum atomic E-state index is -0.0194. The molecule has 0 spiro atoms. The smallest absolute Gasteiger partial charge is 0.226 e. The van der Waals surface area contributed by atoms with Crippen LogP contribution in [0.25, 0.3) is 0 Å². The van der Waals surface area contributed by atoms with Crippen LogP contribution in [0.15, 0.2) is 0 Å². The molecule has 2 N–H and O–H groups in total. The number of carbonyl (C=O) groups excluding carboxylic acids is 1. The lowest BCUT2D eigenvalue weighted by atomic mass is 9.68. The van der Waals surface area contributed by atoms with Gasteiger partial charge in [-0.15, -0.1) is 0 Å². The highest BCUT2D eigenvalue weighted by molar-refractivity contribution is 5.84. The molecule has 0 radical (unpaired) electrons. The van der Waals surface area contributed by atoms with E-state index in [0.717, 1.165) is 31.8 Å². The molecule has 3 nitrogen and oxygen atoms in total. The van der Waals surface area contributed by atoms with Crippen molar-refractivity contribution >= 4 is 5.91 Å². The second-order valence-corrected chi connectivity index (χ2v) is 5.85. The van der Waals surface area contributed by atoms with Crippen molar-refractivity contribution in [3.63, 3.8) is 0 Å². The summed E-state index contributed by atoms with van der Waals surface area (Å²) in [5.74, 6) is 1.10. The molecule has 1 saturated heterocycles. The normalized spacial score (nSPS) is 40.5. The van der Waals surface area contributed by atoms with Crippen LogP contribution in [0.4, 0.5) is 0 Å². The first-order valence-corrected chi connectivity index (χ1v) is 6.18. The summed E-state index contributed by atoms with van der Waals surface area (Å²) in [5.41, 5.74) is 0.259. The van der Waals surface area contributed by atoms with E-state index in [2.05, 4.69) is 17.6 Å². The van der Waals surface area contributed by atoms with Crippen molar-refractivity contribution in [2.45, 2.75) is 44.6 Å². The molecular weight excluding hydrogens is 188 g/mol. The molecule has 0 aromatic rings. The quantitative estimate of drug-likeness (QED) is 0.727. The molecular formula is C12H20N2O. The molecule has 2 unspecified atom stereocenters. The van der Waals surface area contributed by atoms with Crippen molar-refractivity contribution in [2.24, 2.45) is 11.3 Å². The molecule has 0 bridgehead atoms. The first kappa shape index (κ1) is 9.64. The Morgan fingerprint density at radius 2 is 2.20 bits per heavy atom. The van der Waals surface area contributed by atoms with Crippen LogP contribution >= 0.6 is 0 Å². The molecule has 84 valence electrons. The Balaban J connectivity index is 1.55. The van der Waals surface area contributed by atoms with E-state index in [9.17, 15) is 4.79 Å². The minimum Gasteiger partial charge on any atom is -0.354 e. The van der Waals surface area contributed by atoms with Gasteiger partial charge in [-0.2, -0.15) is 0 Å². The van der Waals surface area contributed by atoms with Crippen LogP contribution in [0.3, 0.4) is 0 Å². The van der Waals surface area contributed by atoms with E-state index in [1.54, 1.807) is 0 Å². The second-order valence-electron chi connectivity index (χ2n) is 5.85. The first-order valence-electron chi connectivity index (χ1n) is 6.18. The van der Waals surface area contributed by atoms with Gasteiger partial charge in [0.05, 0.1) is 0 Å². The number of nitrogens with one attached hydrogen (secondary N) is 2. The Morgan fingerprint density at radius 1 is 1.40 bits per heavy atom. The van der Waals surface area contributed by atoms with Gasteiger partial charge >= 0.3 is 0 Å². The zero-order valence-corrected chi connectivity index (χ0v) is 9.44. The van der Waals surface area contributed by atoms with Crippen LogP contribution in [0, 0.1) is 11.3 Å². The average Bonchev–Trinajstić information content (AvgIpc) is 2.88. The van der Waals surface area contributed by atoms with Crippen molar-refractivity contribution in [3.8, 4) is 0 Å². The lowest BCUT2D eigenvalue weighted by Crippen LogP contribution is -2.59. The van der Waals surface area contributed by atoms with E-state index in [1.807, 2.05) is 0 Å². The Labute approximate surface area is 91.0 Å². The first-order chi connectivity index (χ1) is 7.15. The Morgan fingerprint density at radius 3 is 2.73 bits per heavy atom. The van der Waals surface area contributed by atoms with E-state index in [1.165, 1.54) is 19.3 Å². The van der Waals surface area contributed by atoms with E-state index in [0.29, 0.717) is 0 Å². The summed E-state index contributed by atoms with van der Waals surface area (Å²) in [6.45, 7) is 4.06. The van der Waals surface area contributed by atoms with Gasteiger partial charge in [-0.3, -0.25) is 4.79 Å². The molecule has 1 heterocycles. The standard InChI is InChI=1S/C12H20N2O/c1-11(5-6-11)10(15)13-8-12-4-2-9(12)3-7-14-12/h9,14H,2-8H2,1H3,(H,13,15). The molecule has 2 aliphatic carbocycles. The number of fused-ring (bicyclic) bond motifs is 1. The third-order valence-corrected chi connectivity index (χ3v) is 4.80. The SMILES string of the molecule is CC1(C(=O)NCC23CCC2CCN3)CC1. The molecule has 2 atom stereocenters. The highest BCUT2D eigenvalue weighted by Gasteiger charge is 2.51. The summed E-state index contributed by atoms with van der Waals surface area (Å²) in [6.07, 6.45) is 6.04. The summed E-state index contributed by atoms with van der Waals surface area (Å²) < 4.78 is 0. The number of carbonyl (C=O) groups is 1. The molecule has 3 heteroatoms. The fraction of sp³-hybridized carbons (Fsp3) is 0.917. The van der Waals surface area contributed by atoms with Crippen molar-refractivity contribution in [3.05, 3.63) is 0 Å². The number of rotatable bonds is 3. The third-order valence-electron chi connectivity index (χ3n) is 4.80. The zero-order valence-electron chi connectivity index (χ0n) is 9.44. The van der Waals surface area contributed by atoms with Gasteiger partial charge in [0.2, 0.25) is 5.91 Å². The summed E-state index contributed by atoms with van der Waals surface area (Å²) >= 11 is 0. The topological polar surface area (TPSA) is 41.1 Å². The maximum atomic E-state index is 11.8. The minimum absolute atomic E-state index is 0.0194. The van der Waals surface area contributed by atoms with Crippen LogP contribution in [-0.2, 0) is 4.79 Å². The predicted octanol–water partition coefficient (Wildman–Crippen LogP) is 1.04. The van der Waals surface area contributed by atoms with Crippen LogP contribution in [0.5, 0.6) is 0 Å². The molecule has 3 rings (SSSR count). The van der Waals surface area contributed by atoms with E-state index in [-0.39, 0.29) is 16.9 Å². The third kappa shape index (κ3) is 1.40. The van der Waals surface area contributed by atoms with E-state index >= 15 is 0 Å². The summed E-state index contributed by atoms with van der Waals surface area (Å²) in [5, 5.41) is 6.73. The molecule has 1 aliphatic heterocycles. The second kappa shape index (κ2) is 2.97. The van der Waals surface area contributed by atoms with E-state index in [4.69, 9.17) is 0 Å². The fourth-order valence-electron chi connectivity index (χ4n) is 3.01. The Hall–Kier alpha value is -0.570. The molecule has 1 amide bonds. The zero-order chi connectivity index (χ0) is 10.5. The molecule has 15 heavy (non-hydrogen) atoms. The lowest BCUT2D eigenvalue weighted by molar-refractivity contribution is -0.126. The monoisotopic (exact) mass is 208 g/mol. The van der Waals surface area contributed by atoms with Crippen LogP contribution in [0.2, 0.25) is 0 Å². The lowest BCUT2D eigenvalue weighted by Gasteiger charge is -2.45. The number of hydrogen-bond acceptors (Lipinski definition) is 2. The fourth-order valence-corrected chi connectivity index (χ4v) is 3.01. The van der Waals surface area contributed by atoms with Crippen LogP contribution in [0.1, 0.15) is 39.0 Å². The Kier molecular flexibility index (Phi) is 1.91. The average molecular weight is 208 g/mol. The summed E-state index contributed by atoms with van der Waals surface area (Å²) in [4.78, 5) is 11.8. The van der Waals surface area contributed by atoms with Crippen LogP contribution < -0.4 is 10.6 Å². The number of amides is 1. The van der Waals surface area contributed by atoms with Gasteiger partial charge in [0, 0.05) is 17.5 Å². The highest BCUT2D eigenvalue weighted by atomic mass is 16.2. The highest BCUT2D eigenvalue weighted by Crippen LogP contribution is 2.46. The van der Waals surface area contributed by atoms with Crippen LogP contribution in [-0.4, -0.2) is 24.5 Å². The van der Waals surface area contributed by atoms with Crippen molar-refractivity contribution < 1.29 is 4.79 Å². The molecule has 3 fully saturated rings. The van der Waals surface area contributed by atoms with Gasteiger partial charge in [-0.1, -0.05) is 6.92 Å². The maximum Gasteiger partial charge on any atom is 0.226 e.